The molecule has 122 valence electrons. The zero-order valence-corrected chi connectivity index (χ0v) is 15.1. The second-order valence-corrected chi connectivity index (χ2v) is 7.53. The molecule has 0 atom stereocenters. The Labute approximate surface area is 151 Å². The van der Waals surface area contributed by atoms with Crippen LogP contribution in [0, 0.1) is 0 Å². The highest BCUT2D eigenvalue weighted by Gasteiger charge is 2.32. The standard InChI is InChI=1S/C21H20BrNO/c22-15-11-12-17-18(13-15)19(14-7-3-1-4-8-14)20(21(17)24)23-16-9-5-2-6-10-16/h1,3-4,7-8,11-13,16H,2,5-6,9-10H2,(H,23,24). The number of fused-ring (bicyclic) bond motifs is 1. The fourth-order valence-corrected chi connectivity index (χ4v) is 4.16. The average molecular weight is 382 g/mol. The van der Waals surface area contributed by atoms with Crippen molar-refractivity contribution in [3.05, 3.63) is 75.4 Å². The van der Waals surface area contributed by atoms with Gasteiger partial charge in [-0.1, -0.05) is 65.5 Å². The molecule has 0 aromatic heterocycles. The third kappa shape index (κ3) is 2.82. The number of nitrogens with one attached hydrogen (secondary N) is 1. The molecule has 1 N–H and O–H groups in total. The molecule has 2 aliphatic carbocycles. The summed E-state index contributed by atoms with van der Waals surface area (Å²) in [6, 6.07) is 16.6. The summed E-state index contributed by atoms with van der Waals surface area (Å²) in [5.41, 5.74) is 4.75. The highest BCUT2D eigenvalue weighted by molar-refractivity contribution is 9.10. The molecule has 2 aromatic rings. The number of hydrogen-bond acceptors (Lipinski definition) is 2. The van der Waals surface area contributed by atoms with Gasteiger partial charge in [0.15, 0.2) is 0 Å². The first kappa shape index (κ1) is 15.6. The first-order chi connectivity index (χ1) is 11.7. The van der Waals surface area contributed by atoms with Crippen molar-refractivity contribution in [1.82, 2.24) is 5.32 Å². The number of carbonyl (C=O) groups excluding carboxylic acids is 1. The third-order valence-electron chi connectivity index (χ3n) is 4.99. The van der Waals surface area contributed by atoms with Gasteiger partial charge in [-0.2, -0.15) is 0 Å². The molecule has 0 unspecified atom stereocenters. The lowest BCUT2D eigenvalue weighted by Gasteiger charge is -2.24. The maximum Gasteiger partial charge on any atom is 0.210 e. The minimum absolute atomic E-state index is 0.127. The smallest absolute Gasteiger partial charge is 0.210 e. The van der Waals surface area contributed by atoms with Crippen molar-refractivity contribution in [3.63, 3.8) is 0 Å². The first-order valence-corrected chi connectivity index (χ1v) is 9.44. The van der Waals surface area contributed by atoms with Crippen LogP contribution in [0.1, 0.15) is 53.6 Å². The second kappa shape index (κ2) is 6.56. The lowest BCUT2D eigenvalue weighted by atomic mass is 9.94. The molecule has 2 aromatic carbocycles. The van der Waals surface area contributed by atoms with Gasteiger partial charge in [0, 0.05) is 21.7 Å². The summed E-state index contributed by atoms with van der Waals surface area (Å²) in [6.45, 7) is 0. The van der Waals surface area contributed by atoms with Gasteiger partial charge in [0.1, 0.15) is 0 Å². The van der Waals surface area contributed by atoms with Gasteiger partial charge in [0.25, 0.3) is 0 Å². The van der Waals surface area contributed by atoms with E-state index in [4.69, 9.17) is 0 Å². The van der Waals surface area contributed by atoms with Crippen molar-refractivity contribution in [1.29, 1.82) is 0 Å². The molecule has 1 fully saturated rings. The Bertz CT molecular complexity index is 804. The Kier molecular flexibility index (Phi) is 4.28. The quantitative estimate of drug-likeness (QED) is 0.778. The van der Waals surface area contributed by atoms with Crippen LogP contribution >= 0.6 is 15.9 Å². The van der Waals surface area contributed by atoms with E-state index >= 15 is 0 Å². The van der Waals surface area contributed by atoms with E-state index in [1.807, 2.05) is 30.3 Å². The van der Waals surface area contributed by atoms with E-state index < -0.39 is 0 Å². The van der Waals surface area contributed by atoms with Gasteiger partial charge < -0.3 is 5.32 Å². The second-order valence-electron chi connectivity index (χ2n) is 6.61. The lowest BCUT2D eigenvalue weighted by molar-refractivity contribution is 0.102. The SMILES string of the molecule is O=C1C(NC2CCCCC2)=C(c2ccccc2)c2cc(Br)ccc21. The highest BCUT2D eigenvalue weighted by Crippen LogP contribution is 2.38. The minimum atomic E-state index is 0.127. The molecule has 0 saturated heterocycles. The van der Waals surface area contributed by atoms with Crippen molar-refractivity contribution in [2.24, 2.45) is 0 Å². The van der Waals surface area contributed by atoms with E-state index in [0.717, 1.165) is 45.3 Å². The van der Waals surface area contributed by atoms with E-state index in [-0.39, 0.29) is 5.78 Å². The monoisotopic (exact) mass is 381 g/mol. The van der Waals surface area contributed by atoms with Crippen LogP contribution in [0.3, 0.4) is 0 Å². The molecule has 0 aliphatic heterocycles. The molecule has 0 amide bonds. The van der Waals surface area contributed by atoms with Crippen molar-refractivity contribution >= 4 is 27.3 Å². The van der Waals surface area contributed by atoms with Crippen LogP contribution in [-0.4, -0.2) is 11.8 Å². The lowest BCUT2D eigenvalue weighted by Crippen LogP contribution is -2.32. The average Bonchev–Trinajstić information content (AvgIpc) is 2.88. The Morgan fingerprint density at radius 1 is 0.917 bits per heavy atom. The summed E-state index contributed by atoms with van der Waals surface area (Å²) < 4.78 is 1.00. The minimum Gasteiger partial charge on any atom is -0.379 e. The molecule has 0 heterocycles. The van der Waals surface area contributed by atoms with E-state index in [1.165, 1.54) is 19.3 Å². The molecule has 4 rings (SSSR count). The maximum absolute atomic E-state index is 13.0. The van der Waals surface area contributed by atoms with Crippen LogP contribution in [0.2, 0.25) is 0 Å². The van der Waals surface area contributed by atoms with Crippen LogP contribution in [0.5, 0.6) is 0 Å². The molecule has 1 saturated carbocycles. The summed E-state index contributed by atoms with van der Waals surface area (Å²) in [4.78, 5) is 13.0. The Hall–Kier alpha value is -1.87. The Balaban J connectivity index is 1.82. The fourth-order valence-electron chi connectivity index (χ4n) is 3.80. The number of halogens is 1. The summed E-state index contributed by atoms with van der Waals surface area (Å²) in [6.07, 6.45) is 6.11. The van der Waals surface area contributed by atoms with Gasteiger partial charge in [-0.05, 0) is 42.2 Å². The summed E-state index contributed by atoms with van der Waals surface area (Å²) in [7, 11) is 0. The summed E-state index contributed by atoms with van der Waals surface area (Å²) >= 11 is 3.55. The zero-order valence-electron chi connectivity index (χ0n) is 13.5. The summed E-state index contributed by atoms with van der Waals surface area (Å²) in [5.74, 6) is 0.127. The number of ketones is 1. The van der Waals surface area contributed by atoms with E-state index in [1.54, 1.807) is 0 Å². The van der Waals surface area contributed by atoms with Gasteiger partial charge >= 0.3 is 0 Å². The highest BCUT2D eigenvalue weighted by atomic mass is 79.9. The number of carbonyl (C=O) groups is 1. The first-order valence-electron chi connectivity index (χ1n) is 8.65. The molecule has 2 aliphatic rings. The number of rotatable bonds is 3. The molecular formula is C21H20BrNO. The Morgan fingerprint density at radius 2 is 1.67 bits per heavy atom. The van der Waals surface area contributed by atoms with Gasteiger partial charge in [0.05, 0.1) is 5.70 Å². The van der Waals surface area contributed by atoms with Gasteiger partial charge in [0.2, 0.25) is 5.78 Å². The van der Waals surface area contributed by atoms with Crippen LogP contribution in [0.15, 0.2) is 58.7 Å². The Morgan fingerprint density at radius 3 is 2.42 bits per heavy atom. The van der Waals surface area contributed by atoms with Crippen molar-refractivity contribution < 1.29 is 4.79 Å². The molecular weight excluding hydrogens is 362 g/mol. The van der Waals surface area contributed by atoms with Crippen molar-refractivity contribution in [2.45, 2.75) is 38.1 Å². The van der Waals surface area contributed by atoms with Crippen LogP contribution in [-0.2, 0) is 0 Å². The zero-order chi connectivity index (χ0) is 16.5. The van der Waals surface area contributed by atoms with E-state index in [2.05, 4.69) is 39.4 Å². The van der Waals surface area contributed by atoms with E-state index in [9.17, 15) is 4.79 Å². The van der Waals surface area contributed by atoms with E-state index in [0.29, 0.717) is 6.04 Å². The number of benzene rings is 2. The van der Waals surface area contributed by atoms with Gasteiger partial charge in [-0.25, -0.2) is 0 Å². The molecule has 2 nitrogen and oxygen atoms in total. The largest absolute Gasteiger partial charge is 0.379 e. The molecule has 24 heavy (non-hydrogen) atoms. The number of allylic oxidation sites excluding steroid dienone is 1. The van der Waals surface area contributed by atoms with Crippen LogP contribution in [0.25, 0.3) is 5.57 Å². The predicted octanol–water partition coefficient (Wildman–Crippen LogP) is 5.33. The summed E-state index contributed by atoms with van der Waals surface area (Å²) in [5, 5.41) is 3.60. The topological polar surface area (TPSA) is 29.1 Å². The number of hydrogen-bond donors (Lipinski definition) is 1. The maximum atomic E-state index is 13.0. The van der Waals surface area contributed by atoms with Crippen LogP contribution in [0.4, 0.5) is 0 Å². The molecule has 0 radical (unpaired) electrons. The molecule has 3 heteroatoms. The number of Topliss-reactive ketones (excluding diaryl/α,β-unsaturated/α-hetero) is 1. The molecule has 0 bridgehead atoms. The van der Waals surface area contributed by atoms with Crippen molar-refractivity contribution in [2.75, 3.05) is 0 Å². The third-order valence-corrected chi connectivity index (χ3v) is 5.48. The van der Waals surface area contributed by atoms with Crippen LogP contribution < -0.4 is 5.32 Å². The van der Waals surface area contributed by atoms with Crippen molar-refractivity contribution in [3.8, 4) is 0 Å². The normalized spacial score (nSPS) is 18.0. The van der Waals surface area contributed by atoms with Gasteiger partial charge in [-0.3, -0.25) is 4.79 Å². The fraction of sp³-hybridized carbons (Fsp3) is 0.286. The predicted molar refractivity (Wildman–Crippen MR) is 101 cm³/mol. The van der Waals surface area contributed by atoms with Gasteiger partial charge in [-0.15, -0.1) is 0 Å². The molecule has 0 spiro atoms.